The Balaban J connectivity index is 4.33. The highest BCUT2D eigenvalue weighted by Gasteiger charge is 2.19. The van der Waals surface area contributed by atoms with Crippen LogP contribution in [0.25, 0.3) is 0 Å². The molecule has 0 aromatic rings. The monoisotopic (exact) mass is 887 g/mol. The summed E-state index contributed by atoms with van der Waals surface area (Å²) >= 11 is 0. The van der Waals surface area contributed by atoms with E-state index in [4.69, 9.17) is 14.2 Å². The van der Waals surface area contributed by atoms with Crippen molar-refractivity contribution in [1.29, 1.82) is 0 Å². The van der Waals surface area contributed by atoms with E-state index in [1.807, 2.05) is 0 Å². The normalized spacial score (nSPS) is 12.1. The summed E-state index contributed by atoms with van der Waals surface area (Å²) in [5.41, 5.74) is 0. The van der Waals surface area contributed by atoms with Gasteiger partial charge in [0.2, 0.25) is 0 Å². The zero-order valence-electron chi connectivity index (χ0n) is 42.4. The lowest BCUT2D eigenvalue weighted by Gasteiger charge is -2.18. The molecule has 6 heteroatoms. The van der Waals surface area contributed by atoms with Crippen molar-refractivity contribution in [2.45, 2.75) is 309 Å². The smallest absolute Gasteiger partial charge is 0.306 e. The number of carbonyl (C=O) groups excluding carboxylic acids is 3. The van der Waals surface area contributed by atoms with Crippen molar-refractivity contribution in [2.75, 3.05) is 13.2 Å². The molecule has 0 aromatic carbocycles. The molecule has 0 spiro atoms. The van der Waals surface area contributed by atoms with Crippen LogP contribution in [0.2, 0.25) is 0 Å². The fraction of sp³-hybridized carbons (Fsp3) is 0.877. The van der Waals surface area contributed by atoms with Gasteiger partial charge in [0.1, 0.15) is 13.2 Å². The molecular weight excluding hydrogens is 781 g/mol. The van der Waals surface area contributed by atoms with Crippen LogP contribution in [-0.2, 0) is 28.6 Å². The van der Waals surface area contributed by atoms with Gasteiger partial charge in [0.05, 0.1) is 0 Å². The lowest BCUT2D eigenvalue weighted by molar-refractivity contribution is -0.167. The van der Waals surface area contributed by atoms with Crippen molar-refractivity contribution in [3.8, 4) is 0 Å². The largest absolute Gasteiger partial charge is 0.462 e. The van der Waals surface area contributed by atoms with E-state index >= 15 is 0 Å². The van der Waals surface area contributed by atoms with Crippen LogP contribution in [0.1, 0.15) is 303 Å². The minimum absolute atomic E-state index is 0.0719. The molecule has 370 valence electrons. The summed E-state index contributed by atoms with van der Waals surface area (Å²) in [6.45, 7) is 6.65. The van der Waals surface area contributed by atoms with Crippen LogP contribution in [0.3, 0.4) is 0 Å². The Morgan fingerprint density at radius 2 is 0.524 bits per heavy atom. The third-order valence-corrected chi connectivity index (χ3v) is 12.4. The van der Waals surface area contributed by atoms with Gasteiger partial charge in [-0.1, -0.05) is 238 Å². The van der Waals surface area contributed by atoms with Crippen molar-refractivity contribution < 1.29 is 28.6 Å². The first-order valence-corrected chi connectivity index (χ1v) is 27.8. The number of rotatable bonds is 51. The third kappa shape index (κ3) is 50.7. The maximum Gasteiger partial charge on any atom is 0.306 e. The van der Waals surface area contributed by atoms with Crippen LogP contribution >= 0.6 is 0 Å². The van der Waals surface area contributed by atoms with Gasteiger partial charge in [0, 0.05) is 19.3 Å². The van der Waals surface area contributed by atoms with Gasteiger partial charge < -0.3 is 14.2 Å². The average Bonchev–Trinajstić information content (AvgIpc) is 3.28. The number of hydrogen-bond donors (Lipinski definition) is 0. The van der Waals surface area contributed by atoms with Gasteiger partial charge in [0.15, 0.2) is 6.10 Å². The van der Waals surface area contributed by atoms with Gasteiger partial charge in [0.25, 0.3) is 0 Å². The second kappa shape index (κ2) is 52.5. The fourth-order valence-corrected chi connectivity index (χ4v) is 8.20. The lowest BCUT2D eigenvalue weighted by Crippen LogP contribution is -2.30. The quantitative estimate of drug-likeness (QED) is 0.0262. The second-order valence-electron chi connectivity index (χ2n) is 18.8. The highest BCUT2D eigenvalue weighted by Crippen LogP contribution is 2.16. The Morgan fingerprint density at radius 1 is 0.302 bits per heavy atom. The van der Waals surface area contributed by atoms with Crippen molar-refractivity contribution in [3.63, 3.8) is 0 Å². The number of allylic oxidation sites excluding steroid dienone is 4. The molecule has 0 amide bonds. The van der Waals surface area contributed by atoms with Gasteiger partial charge in [-0.3, -0.25) is 14.4 Å². The van der Waals surface area contributed by atoms with E-state index in [-0.39, 0.29) is 31.1 Å². The SMILES string of the molecule is CCCCCCC/C=C\CCCCCCCC(=O)OC(COC(=O)CCCCCCCCC/C=C\CCCCCCCCC)COC(=O)CCCCCCCCCCCCCCC. The van der Waals surface area contributed by atoms with Crippen LogP contribution < -0.4 is 0 Å². The number of esters is 3. The molecule has 0 aliphatic rings. The molecule has 1 unspecified atom stereocenters. The lowest BCUT2D eigenvalue weighted by atomic mass is 10.0. The number of unbranched alkanes of at least 4 members (excludes halogenated alkanes) is 36. The van der Waals surface area contributed by atoms with Crippen LogP contribution in [0.4, 0.5) is 0 Å². The molecule has 0 aliphatic heterocycles. The summed E-state index contributed by atoms with van der Waals surface area (Å²) in [7, 11) is 0. The minimum Gasteiger partial charge on any atom is -0.462 e. The Labute approximate surface area is 392 Å². The number of hydrogen-bond acceptors (Lipinski definition) is 6. The zero-order valence-corrected chi connectivity index (χ0v) is 42.4. The molecule has 0 radical (unpaired) electrons. The average molecular weight is 887 g/mol. The van der Waals surface area contributed by atoms with E-state index in [0.29, 0.717) is 19.3 Å². The Bertz CT molecular complexity index is 1020. The standard InChI is InChI=1S/C57H106O6/c1-4-7-10-13-16-19-22-25-27-28-29-30-33-35-38-41-44-47-50-56(59)62-53-54(52-61-55(58)49-46-43-40-37-34-31-24-21-18-15-12-9-6-3)63-57(60)51-48-45-42-39-36-32-26-23-20-17-14-11-8-5-2/h23,26-28,54H,4-22,24-25,29-53H2,1-3H3/b26-23-,28-27-. The zero-order chi connectivity index (χ0) is 45.8. The van der Waals surface area contributed by atoms with Gasteiger partial charge in [-0.25, -0.2) is 0 Å². The van der Waals surface area contributed by atoms with E-state index in [2.05, 4.69) is 45.1 Å². The van der Waals surface area contributed by atoms with Crippen molar-refractivity contribution in [1.82, 2.24) is 0 Å². The molecule has 0 N–H and O–H groups in total. The van der Waals surface area contributed by atoms with Gasteiger partial charge >= 0.3 is 17.9 Å². The van der Waals surface area contributed by atoms with Gasteiger partial charge in [-0.15, -0.1) is 0 Å². The minimum atomic E-state index is -0.773. The third-order valence-electron chi connectivity index (χ3n) is 12.4. The van der Waals surface area contributed by atoms with Gasteiger partial charge in [-0.05, 0) is 70.6 Å². The first kappa shape index (κ1) is 60.9. The molecule has 0 aromatic heterocycles. The van der Waals surface area contributed by atoms with Gasteiger partial charge in [-0.2, -0.15) is 0 Å². The van der Waals surface area contributed by atoms with Crippen molar-refractivity contribution in [2.24, 2.45) is 0 Å². The first-order chi connectivity index (χ1) is 31.0. The molecule has 1 atom stereocenters. The van der Waals surface area contributed by atoms with Crippen LogP contribution in [0.15, 0.2) is 24.3 Å². The molecule has 63 heavy (non-hydrogen) atoms. The highest BCUT2D eigenvalue weighted by molar-refractivity contribution is 5.71. The Kier molecular flexibility index (Phi) is 50.8. The summed E-state index contributed by atoms with van der Waals surface area (Å²) in [5.74, 6) is -0.869. The molecule has 6 nitrogen and oxygen atoms in total. The predicted molar refractivity (Wildman–Crippen MR) is 270 cm³/mol. The fourth-order valence-electron chi connectivity index (χ4n) is 8.20. The highest BCUT2D eigenvalue weighted by atomic mass is 16.6. The summed E-state index contributed by atoms with van der Waals surface area (Å²) in [4.78, 5) is 38.0. The second-order valence-corrected chi connectivity index (χ2v) is 18.8. The van der Waals surface area contributed by atoms with Crippen LogP contribution in [0.5, 0.6) is 0 Å². The van der Waals surface area contributed by atoms with E-state index in [9.17, 15) is 14.4 Å². The molecule has 0 heterocycles. The van der Waals surface area contributed by atoms with E-state index < -0.39 is 6.10 Å². The topological polar surface area (TPSA) is 78.9 Å². The van der Waals surface area contributed by atoms with E-state index in [1.54, 1.807) is 0 Å². The summed E-state index contributed by atoms with van der Waals surface area (Å²) in [6.07, 6.45) is 60.2. The Morgan fingerprint density at radius 3 is 0.794 bits per heavy atom. The van der Waals surface area contributed by atoms with E-state index in [0.717, 1.165) is 64.2 Å². The molecule has 0 saturated carbocycles. The molecule has 0 rings (SSSR count). The Hall–Kier alpha value is -2.11. The molecular formula is C57H106O6. The summed E-state index contributed by atoms with van der Waals surface area (Å²) in [6, 6.07) is 0. The molecule has 0 aliphatic carbocycles. The van der Waals surface area contributed by atoms with Crippen LogP contribution in [-0.4, -0.2) is 37.2 Å². The first-order valence-electron chi connectivity index (χ1n) is 27.8. The molecule has 0 fully saturated rings. The number of ether oxygens (including phenoxy) is 3. The summed E-state index contributed by atoms with van der Waals surface area (Å²) in [5, 5.41) is 0. The molecule has 0 bridgehead atoms. The summed E-state index contributed by atoms with van der Waals surface area (Å²) < 4.78 is 16.8. The van der Waals surface area contributed by atoms with Crippen molar-refractivity contribution in [3.05, 3.63) is 24.3 Å². The van der Waals surface area contributed by atoms with Crippen LogP contribution in [0, 0.1) is 0 Å². The predicted octanol–water partition coefficient (Wildman–Crippen LogP) is 18.3. The maximum atomic E-state index is 12.8. The van der Waals surface area contributed by atoms with Crippen molar-refractivity contribution >= 4 is 17.9 Å². The maximum absolute atomic E-state index is 12.8. The number of carbonyl (C=O) groups is 3. The molecule has 0 saturated heterocycles. The van der Waals surface area contributed by atoms with E-state index in [1.165, 1.54) is 199 Å².